The van der Waals surface area contributed by atoms with Gasteiger partial charge in [0.25, 0.3) is 0 Å². The topological polar surface area (TPSA) is 73.2 Å². The zero-order valence-electron chi connectivity index (χ0n) is 17.4. The van der Waals surface area contributed by atoms with Crippen LogP contribution in [0.2, 0.25) is 5.02 Å². The highest BCUT2D eigenvalue weighted by Gasteiger charge is 2.27. The van der Waals surface area contributed by atoms with Crippen molar-refractivity contribution in [3.8, 4) is 0 Å². The predicted octanol–water partition coefficient (Wildman–Crippen LogP) is 5.12. The van der Waals surface area contributed by atoms with Gasteiger partial charge in [0, 0.05) is 17.2 Å². The Balaban J connectivity index is 1.72. The van der Waals surface area contributed by atoms with E-state index in [1.165, 1.54) is 32.8 Å². The van der Waals surface area contributed by atoms with Crippen LogP contribution in [0.15, 0.2) is 35.4 Å². The third-order valence-corrected chi connectivity index (χ3v) is 6.82. The average Bonchev–Trinajstić information content (AvgIpc) is 3.42. The monoisotopic (exact) mass is 449 g/mol. The van der Waals surface area contributed by atoms with E-state index < -0.39 is 0 Å². The molecule has 1 saturated carbocycles. The second-order valence-corrected chi connectivity index (χ2v) is 8.87. The first-order valence-corrected chi connectivity index (χ1v) is 11.8. The molecule has 0 spiro atoms. The Kier molecular flexibility index (Phi) is 8.22. The van der Waals surface area contributed by atoms with Gasteiger partial charge in [0.1, 0.15) is 0 Å². The summed E-state index contributed by atoms with van der Waals surface area (Å²) in [5.41, 5.74) is 0.937. The minimum absolute atomic E-state index is 0.0758. The maximum absolute atomic E-state index is 13.2. The van der Waals surface area contributed by atoms with Gasteiger partial charge in [-0.25, -0.2) is 0 Å². The molecule has 0 radical (unpaired) electrons. The molecule has 1 amide bonds. The number of carbonyl (C=O) groups excluding carboxylic acids is 2. The fourth-order valence-corrected chi connectivity index (χ4v) is 4.83. The van der Waals surface area contributed by atoms with Gasteiger partial charge in [-0.2, -0.15) is 5.10 Å². The van der Waals surface area contributed by atoms with Crippen molar-refractivity contribution in [1.29, 1.82) is 0 Å². The van der Waals surface area contributed by atoms with E-state index in [4.69, 9.17) is 11.6 Å². The Bertz CT molecular complexity index is 880. The number of aryl methyl sites for hydroxylation is 1. The molecule has 1 aliphatic carbocycles. The van der Waals surface area contributed by atoms with Crippen LogP contribution in [0, 0.1) is 5.92 Å². The number of thioether (sulfide) groups is 1. The van der Waals surface area contributed by atoms with Gasteiger partial charge in [-0.3, -0.25) is 14.3 Å². The van der Waals surface area contributed by atoms with Gasteiger partial charge in [-0.15, -0.1) is 11.8 Å². The summed E-state index contributed by atoms with van der Waals surface area (Å²) in [6, 6.07) is 7.65. The highest BCUT2D eigenvalue weighted by atomic mass is 35.5. The fraction of sp³-hybridized carbons (Fsp3) is 0.500. The third-order valence-electron chi connectivity index (χ3n) is 5.60. The van der Waals surface area contributed by atoms with Crippen LogP contribution in [0.4, 0.5) is 5.82 Å². The minimum Gasteiger partial charge on any atom is -0.469 e. The highest BCUT2D eigenvalue weighted by molar-refractivity contribution is 7.98. The summed E-state index contributed by atoms with van der Waals surface area (Å²) in [5, 5.41) is 7.98. The maximum atomic E-state index is 13.2. The van der Waals surface area contributed by atoms with Crippen molar-refractivity contribution in [1.82, 2.24) is 9.78 Å². The van der Waals surface area contributed by atoms with Crippen LogP contribution in [-0.2, 0) is 20.9 Å². The van der Waals surface area contributed by atoms with E-state index in [-0.39, 0.29) is 24.2 Å². The first-order chi connectivity index (χ1) is 14.5. The molecule has 1 aromatic carbocycles. The number of hydrogen-bond acceptors (Lipinski definition) is 5. The summed E-state index contributed by atoms with van der Waals surface area (Å²) in [7, 11) is 1.36. The normalized spacial score (nSPS) is 15.2. The number of ether oxygens (including phenoxy) is 1. The quantitative estimate of drug-likeness (QED) is 0.424. The molecule has 3 rings (SSSR count). The summed E-state index contributed by atoms with van der Waals surface area (Å²) in [6.45, 7) is 0.403. The van der Waals surface area contributed by atoms with Crippen molar-refractivity contribution >= 4 is 41.1 Å². The first kappa shape index (κ1) is 22.7. The van der Waals surface area contributed by atoms with Gasteiger partial charge in [0.15, 0.2) is 5.82 Å². The molecule has 6 nitrogen and oxygen atoms in total. The standard InChI is InChI=1S/C22H28ClN3O3S/c1-29-21(27)10-12-26-11-9-20(25-26)24-22(28)17(13-15-5-3-4-6-15)16-7-8-19(30-2)18(23)14-16/h7-9,11,14-15,17H,3-6,10,12-13H2,1-2H3,(H,24,25,28). The van der Waals surface area contributed by atoms with Crippen LogP contribution in [-0.4, -0.2) is 35.0 Å². The van der Waals surface area contributed by atoms with Crippen molar-refractivity contribution in [3.05, 3.63) is 41.0 Å². The number of carbonyl (C=O) groups is 2. The van der Waals surface area contributed by atoms with Gasteiger partial charge in [0.2, 0.25) is 5.91 Å². The molecule has 1 N–H and O–H groups in total. The van der Waals surface area contributed by atoms with E-state index in [1.807, 2.05) is 24.5 Å². The lowest BCUT2D eigenvalue weighted by molar-refractivity contribution is -0.140. The van der Waals surface area contributed by atoms with Gasteiger partial charge in [-0.1, -0.05) is 43.4 Å². The molecule has 2 aromatic rings. The van der Waals surface area contributed by atoms with E-state index in [0.29, 0.717) is 23.3 Å². The fourth-order valence-electron chi connectivity index (χ4n) is 3.95. The second-order valence-electron chi connectivity index (χ2n) is 7.61. The summed E-state index contributed by atoms with van der Waals surface area (Å²) >= 11 is 8.02. The highest BCUT2D eigenvalue weighted by Crippen LogP contribution is 2.37. The number of halogens is 1. The van der Waals surface area contributed by atoms with E-state index in [2.05, 4.69) is 15.2 Å². The number of nitrogens with one attached hydrogen (secondary N) is 1. The summed E-state index contributed by atoms with van der Waals surface area (Å²) in [5.74, 6) is 0.388. The number of methoxy groups -OCH3 is 1. The Morgan fingerprint density at radius 2 is 2.10 bits per heavy atom. The van der Waals surface area contributed by atoms with Crippen molar-refractivity contribution in [2.45, 2.75) is 55.9 Å². The molecule has 0 saturated heterocycles. The molecular weight excluding hydrogens is 422 g/mol. The molecular formula is C22H28ClN3O3S. The van der Waals surface area contributed by atoms with E-state index in [1.54, 1.807) is 28.7 Å². The molecule has 1 aromatic heterocycles. The Morgan fingerprint density at radius 3 is 2.77 bits per heavy atom. The molecule has 0 bridgehead atoms. The van der Waals surface area contributed by atoms with E-state index >= 15 is 0 Å². The molecule has 1 atom stereocenters. The van der Waals surface area contributed by atoms with Crippen LogP contribution in [0.1, 0.15) is 50.0 Å². The van der Waals surface area contributed by atoms with Gasteiger partial charge >= 0.3 is 5.97 Å². The number of benzene rings is 1. The molecule has 0 aliphatic heterocycles. The maximum Gasteiger partial charge on any atom is 0.307 e. The zero-order chi connectivity index (χ0) is 21.5. The minimum atomic E-state index is -0.293. The molecule has 1 unspecified atom stereocenters. The van der Waals surface area contributed by atoms with Gasteiger partial charge < -0.3 is 10.1 Å². The molecule has 8 heteroatoms. The van der Waals surface area contributed by atoms with E-state index in [0.717, 1.165) is 16.9 Å². The Labute approximate surface area is 186 Å². The lowest BCUT2D eigenvalue weighted by atomic mass is 9.87. The molecule has 162 valence electrons. The SMILES string of the molecule is COC(=O)CCn1ccc(NC(=O)C(CC2CCCC2)c2ccc(SC)c(Cl)c2)n1. The van der Waals surface area contributed by atoms with Crippen LogP contribution < -0.4 is 5.32 Å². The summed E-state index contributed by atoms with van der Waals surface area (Å²) < 4.78 is 6.28. The van der Waals surface area contributed by atoms with Crippen LogP contribution in [0.3, 0.4) is 0 Å². The van der Waals surface area contributed by atoms with Crippen LogP contribution >= 0.6 is 23.4 Å². The number of esters is 1. The smallest absolute Gasteiger partial charge is 0.307 e. The first-order valence-electron chi connectivity index (χ1n) is 10.2. The number of aromatic nitrogens is 2. The number of amides is 1. The Morgan fingerprint density at radius 1 is 1.33 bits per heavy atom. The van der Waals surface area contributed by atoms with Gasteiger partial charge in [0.05, 0.1) is 31.0 Å². The molecule has 30 heavy (non-hydrogen) atoms. The summed E-state index contributed by atoms with van der Waals surface area (Å²) in [6.07, 6.45) is 9.57. The molecule has 1 aliphatic rings. The average molecular weight is 450 g/mol. The van der Waals surface area contributed by atoms with Crippen molar-refractivity contribution in [2.75, 3.05) is 18.7 Å². The zero-order valence-corrected chi connectivity index (χ0v) is 19.0. The predicted molar refractivity (Wildman–Crippen MR) is 120 cm³/mol. The Hall–Kier alpha value is -1.99. The van der Waals surface area contributed by atoms with Gasteiger partial charge in [-0.05, 0) is 36.3 Å². The lowest BCUT2D eigenvalue weighted by Gasteiger charge is -2.21. The molecule has 1 fully saturated rings. The second kappa shape index (κ2) is 10.9. The number of rotatable bonds is 9. The van der Waals surface area contributed by atoms with Crippen molar-refractivity contribution in [2.24, 2.45) is 5.92 Å². The van der Waals surface area contributed by atoms with Crippen LogP contribution in [0.5, 0.6) is 0 Å². The van der Waals surface area contributed by atoms with Crippen molar-refractivity contribution in [3.63, 3.8) is 0 Å². The number of nitrogens with zero attached hydrogens (tertiary/aromatic N) is 2. The number of anilines is 1. The number of hydrogen-bond donors (Lipinski definition) is 1. The lowest BCUT2D eigenvalue weighted by Crippen LogP contribution is -2.23. The largest absolute Gasteiger partial charge is 0.469 e. The third kappa shape index (κ3) is 6.01. The van der Waals surface area contributed by atoms with Crippen molar-refractivity contribution < 1.29 is 14.3 Å². The van der Waals surface area contributed by atoms with E-state index in [9.17, 15) is 9.59 Å². The summed E-state index contributed by atoms with van der Waals surface area (Å²) in [4.78, 5) is 25.5. The van der Waals surface area contributed by atoms with Crippen LogP contribution in [0.25, 0.3) is 0 Å². The molecule has 1 heterocycles.